The Balaban J connectivity index is 2.07. The van der Waals surface area contributed by atoms with Gasteiger partial charge in [-0.25, -0.2) is 0 Å². The smallest absolute Gasteiger partial charge is 0.303 e. The number of carboxylic acids is 1. The van der Waals surface area contributed by atoms with Crippen LogP contribution in [0.1, 0.15) is 52.4 Å². The molecule has 3 unspecified atom stereocenters. The Morgan fingerprint density at radius 2 is 2.19 bits per heavy atom. The third-order valence-corrected chi connectivity index (χ3v) is 5.94. The summed E-state index contributed by atoms with van der Waals surface area (Å²) in [4.78, 5) is 10.6. The molecule has 0 heterocycles. The predicted molar refractivity (Wildman–Crippen MR) is 64.7 cm³/mol. The number of hydrogen-bond acceptors (Lipinski definition) is 1. The number of hydrogen-bond donors (Lipinski definition) is 1. The van der Waals surface area contributed by atoms with Crippen molar-refractivity contribution in [2.24, 2.45) is 16.7 Å². The fourth-order valence-electron chi connectivity index (χ4n) is 4.13. The monoisotopic (exact) mass is 244 g/mol. The van der Waals surface area contributed by atoms with E-state index in [0.717, 1.165) is 25.2 Å². The maximum absolute atomic E-state index is 10.6. The Labute approximate surface area is 102 Å². The van der Waals surface area contributed by atoms with Crippen LogP contribution >= 0.6 is 11.6 Å². The number of halogens is 1. The van der Waals surface area contributed by atoms with Gasteiger partial charge in [-0.2, -0.15) is 0 Å². The Hall–Kier alpha value is -0.240. The first-order chi connectivity index (χ1) is 7.40. The van der Waals surface area contributed by atoms with E-state index in [1.807, 2.05) is 0 Å². The first-order valence-corrected chi connectivity index (χ1v) is 6.70. The summed E-state index contributed by atoms with van der Waals surface area (Å²) in [5, 5.41) is 8.98. The standard InChI is InChI=1S/C13H21ClO2/c1-12(2)9-5-7-13(12,10(14)8-9)6-3-4-11(15)16/h9-10H,3-8H2,1-2H3,(H,15,16). The van der Waals surface area contributed by atoms with Crippen LogP contribution < -0.4 is 0 Å². The third-order valence-electron chi connectivity index (χ3n) is 5.35. The van der Waals surface area contributed by atoms with Gasteiger partial charge in [0.1, 0.15) is 0 Å². The van der Waals surface area contributed by atoms with Crippen molar-refractivity contribution < 1.29 is 9.90 Å². The molecular weight excluding hydrogens is 224 g/mol. The van der Waals surface area contributed by atoms with Gasteiger partial charge in [0.15, 0.2) is 0 Å². The van der Waals surface area contributed by atoms with E-state index in [1.165, 1.54) is 12.8 Å². The number of fused-ring (bicyclic) bond motifs is 2. The van der Waals surface area contributed by atoms with Crippen molar-refractivity contribution in [2.45, 2.75) is 57.7 Å². The normalized spacial score (nSPS) is 40.2. The molecule has 0 amide bonds. The van der Waals surface area contributed by atoms with Gasteiger partial charge in [-0.1, -0.05) is 13.8 Å². The molecule has 0 radical (unpaired) electrons. The summed E-state index contributed by atoms with van der Waals surface area (Å²) >= 11 is 6.52. The van der Waals surface area contributed by atoms with Gasteiger partial charge >= 0.3 is 5.97 Å². The summed E-state index contributed by atoms with van der Waals surface area (Å²) in [5.41, 5.74) is 0.507. The molecule has 2 saturated carbocycles. The highest BCUT2D eigenvalue weighted by atomic mass is 35.5. The van der Waals surface area contributed by atoms with Crippen LogP contribution in [0, 0.1) is 16.7 Å². The zero-order valence-electron chi connectivity index (χ0n) is 10.1. The molecule has 0 aromatic carbocycles. The average molecular weight is 245 g/mol. The molecule has 1 N–H and O–H groups in total. The minimum Gasteiger partial charge on any atom is -0.481 e. The Morgan fingerprint density at radius 3 is 2.62 bits per heavy atom. The van der Waals surface area contributed by atoms with Crippen molar-refractivity contribution >= 4 is 17.6 Å². The van der Waals surface area contributed by atoms with Gasteiger partial charge in [0.05, 0.1) is 0 Å². The molecule has 16 heavy (non-hydrogen) atoms. The van der Waals surface area contributed by atoms with Crippen molar-refractivity contribution in [1.82, 2.24) is 0 Å². The molecule has 2 fully saturated rings. The summed E-state index contributed by atoms with van der Waals surface area (Å²) in [5.74, 6) is 0.0627. The first kappa shape index (κ1) is 12.2. The lowest BCUT2D eigenvalue weighted by atomic mass is 9.66. The van der Waals surface area contributed by atoms with Crippen molar-refractivity contribution in [2.75, 3.05) is 0 Å². The average Bonchev–Trinajstić information content (AvgIpc) is 2.50. The van der Waals surface area contributed by atoms with Gasteiger partial charge in [0.25, 0.3) is 0 Å². The SMILES string of the molecule is CC1(C)C2CCC1(CCCC(=O)O)C(Cl)C2. The molecule has 0 spiro atoms. The van der Waals surface area contributed by atoms with Crippen molar-refractivity contribution in [3.05, 3.63) is 0 Å². The number of alkyl halides is 1. The minimum absolute atomic E-state index is 0.203. The van der Waals surface area contributed by atoms with E-state index in [1.54, 1.807) is 0 Å². The second kappa shape index (κ2) is 3.90. The molecule has 3 atom stereocenters. The fraction of sp³-hybridized carbons (Fsp3) is 0.923. The Bertz CT molecular complexity index is 300. The number of aliphatic carboxylic acids is 1. The zero-order valence-corrected chi connectivity index (χ0v) is 10.9. The predicted octanol–water partition coefficient (Wildman–Crippen LogP) is 3.68. The molecule has 2 aliphatic carbocycles. The lowest BCUT2D eigenvalue weighted by Crippen LogP contribution is -2.36. The van der Waals surface area contributed by atoms with Crippen LogP contribution in [-0.4, -0.2) is 16.5 Å². The molecule has 2 rings (SSSR count). The molecule has 0 saturated heterocycles. The molecule has 0 aromatic heterocycles. The molecule has 2 nitrogen and oxygen atoms in total. The maximum Gasteiger partial charge on any atom is 0.303 e. The quantitative estimate of drug-likeness (QED) is 0.766. The lowest BCUT2D eigenvalue weighted by molar-refractivity contribution is -0.137. The Kier molecular flexibility index (Phi) is 2.98. The van der Waals surface area contributed by atoms with E-state index < -0.39 is 5.97 Å². The highest BCUT2D eigenvalue weighted by Gasteiger charge is 2.62. The van der Waals surface area contributed by atoms with E-state index in [-0.39, 0.29) is 17.2 Å². The van der Waals surface area contributed by atoms with Crippen LogP contribution in [0.5, 0.6) is 0 Å². The van der Waals surface area contributed by atoms with Crippen molar-refractivity contribution in [3.8, 4) is 0 Å². The molecular formula is C13H21ClO2. The maximum atomic E-state index is 10.6. The second-order valence-electron chi connectivity index (χ2n) is 6.06. The summed E-state index contributed by atoms with van der Waals surface area (Å²) in [6.45, 7) is 4.65. The Morgan fingerprint density at radius 1 is 1.50 bits per heavy atom. The second-order valence-corrected chi connectivity index (χ2v) is 6.59. The molecule has 0 aliphatic heterocycles. The van der Waals surface area contributed by atoms with Crippen LogP contribution in [0.15, 0.2) is 0 Å². The number of carboxylic acid groups (broad SMARTS) is 1. The third kappa shape index (κ3) is 1.57. The van der Waals surface area contributed by atoms with Crippen LogP contribution in [0.2, 0.25) is 0 Å². The summed E-state index contributed by atoms with van der Waals surface area (Å²) in [6, 6.07) is 0. The van der Waals surface area contributed by atoms with Gasteiger partial charge in [-0.15, -0.1) is 11.6 Å². The number of rotatable bonds is 4. The fourth-order valence-corrected chi connectivity index (χ4v) is 4.84. The van der Waals surface area contributed by atoms with E-state index in [2.05, 4.69) is 13.8 Å². The van der Waals surface area contributed by atoms with Crippen LogP contribution in [-0.2, 0) is 4.79 Å². The first-order valence-electron chi connectivity index (χ1n) is 6.26. The van der Waals surface area contributed by atoms with Crippen molar-refractivity contribution in [1.29, 1.82) is 0 Å². The molecule has 92 valence electrons. The van der Waals surface area contributed by atoms with E-state index in [4.69, 9.17) is 16.7 Å². The van der Waals surface area contributed by atoms with Crippen LogP contribution in [0.3, 0.4) is 0 Å². The molecule has 0 aromatic rings. The molecule has 2 bridgehead atoms. The van der Waals surface area contributed by atoms with E-state index >= 15 is 0 Å². The van der Waals surface area contributed by atoms with Gasteiger partial charge in [0, 0.05) is 11.8 Å². The molecule has 2 aliphatic rings. The van der Waals surface area contributed by atoms with Gasteiger partial charge in [-0.05, 0) is 48.9 Å². The highest BCUT2D eigenvalue weighted by molar-refractivity contribution is 6.21. The van der Waals surface area contributed by atoms with Crippen LogP contribution in [0.25, 0.3) is 0 Å². The van der Waals surface area contributed by atoms with E-state index in [9.17, 15) is 4.79 Å². The summed E-state index contributed by atoms with van der Waals surface area (Å²) in [6.07, 6.45) is 5.64. The number of carbonyl (C=O) groups is 1. The highest BCUT2D eigenvalue weighted by Crippen LogP contribution is 2.69. The van der Waals surface area contributed by atoms with Gasteiger partial charge < -0.3 is 5.11 Å². The molecule has 3 heteroatoms. The largest absolute Gasteiger partial charge is 0.481 e. The topological polar surface area (TPSA) is 37.3 Å². The van der Waals surface area contributed by atoms with Gasteiger partial charge in [-0.3, -0.25) is 4.79 Å². The summed E-state index contributed by atoms with van der Waals surface area (Å²) in [7, 11) is 0. The van der Waals surface area contributed by atoms with Crippen molar-refractivity contribution in [3.63, 3.8) is 0 Å². The van der Waals surface area contributed by atoms with Gasteiger partial charge in [0.2, 0.25) is 0 Å². The lowest BCUT2D eigenvalue weighted by Gasteiger charge is -2.40. The minimum atomic E-state index is -0.687. The summed E-state index contributed by atoms with van der Waals surface area (Å²) < 4.78 is 0. The zero-order chi connectivity index (χ0) is 12.0. The van der Waals surface area contributed by atoms with E-state index in [0.29, 0.717) is 5.41 Å². The van der Waals surface area contributed by atoms with Crippen LogP contribution in [0.4, 0.5) is 0 Å².